The molecular formula is C38H48N6O15. The third-order valence-electron chi connectivity index (χ3n) is 8.30. The quantitative estimate of drug-likeness (QED) is 0.0328. The van der Waals surface area contributed by atoms with Crippen LogP contribution in [0.2, 0.25) is 0 Å². The Bertz CT molecular complexity index is 1820. The van der Waals surface area contributed by atoms with Gasteiger partial charge in [0.1, 0.15) is 24.2 Å². The Morgan fingerprint density at radius 1 is 0.763 bits per heavy atom. The summed E-state index contributed by atoms with van der Waals surface area (Å²) in [5.41, 5.74) is 0.312. The molecule has 21 nitrogen and oxygen atoms in total. The van der Waals surface area contributed by atoms with Gasteiger partial charge in [-0.2, -0.15) is 0 Å². The highest BCUT2D eigenvalue weighted by atomic mass is 16.8. The standard InChI is InChI=1S/C38H48N6O15/c1-26(58-38(48)59-43-35(46)12-13-36(43)47)31-24-33(51-3)34(25-32(31)44(49)50)57-15-5-7-29(45)6-4-14-52-16-17-53-18-19-54-20-21-55-22-23-56-30-10-8-28(9-11-30)37-41-39-27(2)40-42-37/h8-11,24-26H,4-7,12-23H2,1-3H3. The van der Waals surface area contributed by atoms with Gasteiger partial charge in [0.25, 0.3) is 17.5 Å². The molecular weight excluding hydrogens is 780 g/mol. The summed E-state index contributed by atoms with van der Waals surface area (Å²) in [6, 6.07) is 9.72. The first-order chi connectivity index (χ1) is 28.5. The maximum atomic E-state index is 12.3. The topological polar surface area (TPSA) is 249 Å². The Hall–Kier alpha value is -5.90. The van der Waals surface area contributed by atoms with Crippen LogP contribution in [-0.2, 0) is 42.9 Å². The molecule has 1 aromatic heterocycles. The third kappa shape index (κ3) is 15.8. The smallest absolute Gasteiger partial charge is 0.493 e. The number of methoxy groups -OCH3 is 1. The van der Waals surface area contributed by atoms with E-state index in [0.29, 0.717) is 101 Å². The number of aryl methyl sites for hydroxylation is 1. The molecule has 0 aliphatic carbocycles. The van der Waals surface area contributed by atoms with E-state index < -0.39 is 34.7 Å². The molecule has 1 aliphatic heterocycles. The van der Waals surface area contributed by atoms with Crippen LogP contribution in [0, 0.1) is 17.0 Å². The number of amides is 2. The number of Topliss-reactive ketones (excluding diaryl/α,β-unsaturated/α-hetero) is 1. The highest BCUT2D eigenvalue weighted by Gasteiger charge is 2.34. The van der Waals surface area contributed by atoms with Gasteiger partial charge in [-0.1, -0.05) is 5.06 Å². The van der Waals surface area contributed by atoms with Crippen LogP contribution in [0.15, 0.2) is 36.4 Å². The first-order valence-electron chi connectivity index (χ1n) is 18.9. The lowest BCUT2D eigenvalue weighted by molar-refractivity contribution is -0.386. The van der Waals surface area contributed by atoms with Crippen molar-refractivity contribution in [3.63, 3.8) is 0 Å². The lowest BCUT2D eigenvalue weighted by Gasteiger charge is -2.18. The van der Waals surface area contributed by atoms with Gasteiger partial charge in [-0.3, -0.25) is 29.3 Å². The van der Waals surface area contributed by atoms with Gasteiger partial charge in [-0.15, -0.1) is 20.4 Å². The molecule has 0 spiro atoms. The number of ether oxygens (including phenoxy) is 8. The van der Waals surface area contributed by atoms with Crippen LogP contribution in [-0.4, -0.2) is 127 Å². The predicted molar refractivity (Wildman–Crippen MR) is 202 cm³/mol. The molecule has 0 N–H and O–H groups in total. The van der Waals surface area contributed by atoms with E-state index in [4.69, 9.17) is 37.9 Å². The number of rotatable bonds is 28. The van der Waals surface area contributed by atoms with E-state index >= 15 is 0 Å². The molecule has 2 amide bonds. The molecule has 320 valence electrons. The summed E-state index contributed by atoms with van der Waals surface area (Å²) in [7, 11) is 1.33. The summed E-state index contributed by atoms with van der Waals surface area (Å²) in [6.45, 7) is 6.77. The van der Waals surface area contributed by atoms with Crippen molar-refractivity contribution in [2.24, 2.45) is 0 Å². The zero-order chi connectivity index (χ0) is 42.4. The zero-order valence-corrected chi connectivity index (χ0v) is 33.2. The zero-order valence-electron chi connectivity index (χ0n) is 33.2. The van der Waals surface area contributed by atoms with Crippen molar-refractivity contribution in [3.8, 4) is 28.6 Å². The van der Waals surface area contributed by atoms with Gasteiger partial charge in [0.15, 0.2) is 17.3 Å². The number of aromatic nitrogens is 4. The van der Waals surface area contributed by atoms with Crippen LogP contribution in [0.5, 0.6) is 17.2 Å². The Labute approximate surface area is 339 Å². The van der Waals surface area contributed by atoms with Crippen LogP contribution in [0.1, 0.15) is 62.9 Å². The molecule has 0 saturated carbocycles. The fourth-order valence-corrected chi connectivity index (χ4v) is 5.31. The number of carbonyl (C=O) groups excluding carboxylic acids is 4. The first kappa shape index (κ1) is 45.8. The number of benzene rings is 2. The second kappa shape index (κ2) is 24.8. The minimum atomic E-state index is -1.39. The van der Waals surface area contributed by atoms with Crippen molar-refractivity contribution in [1.82, 2.24) is 25.5 Å². The van der Waals surface area contributed by atoms with E-state index in [2.05, 4.69) is 25.2 Å². The number of hydrogen-bond donors (Lipinski definition) is 0. The van der Waals surface area contributed by atoms with Crippen LogP contribution in [0.4, 0.5) is 10.5 Å². The maximum Gasteiger partial charge on any atom is 0.534 e. The number of nitro groups is 1. The van der Waals surface area contributed by atoms with Crippen LogP contribution >= 0.6 is 0 Å². The lowest BCUT2D eigenvalue weighted by Crippen LogP contribution is -2.32. The molecule has 1 atom stereocenters. The van der Waals surface area contributed by atoms with Crippen LogP contribution in [0.25, 0.3) is 11.4 Å². The van der Waals surface area contributed by atoms with E-state index in [1.807, 2.05) is 24.3 Å². The second-order valence-electron chi connectivity index (χ2n) is 12.7. The molecule has 0 radical (unpaired) electrons. The van der Waals surface area contributed by atoms with Gasteiger partial charge in [0.2, 0.25) is 5.82 Å². The van der Waals surface area contributed by atoms with Gasteiger partial charge in [-0.05, 0) is 57.0 Å². The number of hydrogen-bond acceptors (Lipinski definition) is 19. The van der Waals surface area contributed by atoms with Gasteiger partial charge < -0.3 is 37.9 Å². The highest BCUT2D eigenvalue weighted by molar-refractivity contribution is 6.01. The molecule has 21 heteroatoms. The predicted octanol–water partition coefficient (Wildman–Crippen LogP) is 4.09. The minimum absolute atomic E-state index is 0.0154. The average Bonchev–Trinajstić information content (AvgIpc) is 3.54. The molecule has 0 bridgehead atoms. The Morgan fingerprint density at radius 3 is 1.90 bits per heavy atom. The van der Waals surface area contributed by atoms with Crippen molar-refractivity contribution in [2.75, 3.05) is 73.2 Å². The molecule has 3 aromatic rings. The van der Waals surface area contributed by atoms with Crippen LogP contribution < -0.4 is 14.2 Å². The molecule has 59 heavy (non-hydrogen) atoms. The maximum absolute atomic E-state index is 12.3. The van der Waals surface area contributed by atoms with Crippen molar-refractivity contribution >= 4 is 29.4 Å². The number of ketones is 1. The van der Waals surface area contributed by atoms with E-state index in [-0.39, 0.29) is 48.7 Å². The van der Waals surface area contributed by atoms with Crippen molar-refractivity contribution < 1.29 is 66.8 Å². The van der Waals surface area contributed by atoms with Crippen LogP contribution in [0.3, 0.4) is 0 Å². The van der Waals surface area contributed by atoms with Crippen molar-refractivity contribution in [2.45, 2.75) is 58.5 Å². The highest BCUT2D eigenvalue weighted by Crippen LogP contribution is 2.39. The average molecular weight is 829 g/mol. The van der Waals surface area contributed by atoms with Gasteiger partial charge in [0, 0.05) is 37.9 Å². The Balaban J connectivity index is 0.971. The number of nitro benzene ring substituents is 1. The summed E-state index contributed by atoms with van der Waals surface area (Å²) in [5, 5.41) is 28.0. The van der Waals surface area contributed by atoms with Gasteiger partial charge in [-0.25, -0.2) is 4.79 Å². The summed E-state index contributed by atoms with van der Waals surface area (Å²) in [5.74, 6) is 0.433. The minimum Gasteiger partial charge on any atom is -0.493 e. The SMILES string of the molecule is COc1cc(C(C)OC(=O)ON2C(=O)CCC2=O)c([N+](=O)[O-])cc1OCCCC(=O)CCCOCCOCCOCCOCCOc1ccc(-c2nnc(C)nn2)cc1. The lowest BCUT2D eigenvalue weighted by atomic mass is 10.1. The van der Waals surface area contributed by atoms with Gasteiger partial charge in [0.05, 0.1) is 76.5 Å². The number of imide groups is 1. The Morgan fingerprint density at radius 2 is 1.32 bits per heavy atom. The fraction of sp³-hybridized carbons (Fsp3) is 0.526. The monoisotopic (exact) mass is 828 g/mol. The molecule has 1 saturated heterocycles. The van der Waals surface area contributed by atoms with E-state index in [9.17, 15) is 29.3 Å². The normalized spacial score (nSPS) is 13.0. The fourth-order valence-electron chi connectivity index (χ4n) is 5.31. The van der Waals surface area contributed by atoms with E-state index in [0.717, 1.165) is 11.6 Å². The second-order valence-corrected chi connectivity index (χ2v) is 12.7. The molecule has 1 unspecified atom stereocenters. The van der Waals surface area contributed by atoms with E-state index in [1.54, 1.807) is 6.92 Å². The van der Waals surface area contributed by atoms with Crippen molar-refractivity contribution in [1.29, 1.82) is 0 Å². The summed E-state index contributed by atoms with van der Waals surface area (Å²) < 4.78 is 43.9. The molecule has 1 fully saturated rings. The Kier molecular flexibility index (Phi) is 19.2. The molecule has 2 heterocycles. The van der Waals surface area contributed by atoms with E-state index in [1.165, 1.54) is 20.1 Å². The summed E-state index contributed by atoms with van der Waals surface area (Å²) in [6.07, 6.45) is -1.38. The molecule has 4 rings (SSSR count). The third-order valence-corrected chi connectivity index (χ3v) is 8.30. The first-order valence-corrected chi connectivity index (χ1v) is 18.9. The number of carbonyl (C=O) groups is 4. The largest absolute Gasteiger partial charge is 0.534 e. The number of hydroxylamine groups is 2. The molecule has 1 aliphatic rings. The summed E-state index contributed by atoms with van der Waals surface area (Å²) in [4.78, 5) is 63.8. The van der Waals surface area contributed by atoms with Crippen molar-refractivity contribution in [3.05, 3.63) is 57.9 Å². The number of nitrogens with zero attached hydrogens (tertiary/aromatic N) is 6. The summed E-state index contributed by atoms with van der Waals surface area (Å²) >= 11 is 0. The van der Waals surface area contributed by atoms with Gasteiger partial charge >= 0.3 is 6.16 Å². The molecule has 2 aromatic carbocycles.